The molecule has 33 heavy (non-hydrogen) atoms. The Morgan fingerprint density at radius 3 is 2.55 bits per heavy atom. The van der Waals surface area contributed by atoms with Gasteiger partial charge < -0.3 is 19.3 Å². The van der Waals surface area contributed by atoms with Crippen LogP contribution in [0.4, 0.5) is 13.2 Å². The van der Waals surface area contributed by atoms with Crippen LogP contribution in [-0.4, -0.2) is 48.0 Å². The zero-order chi connectivity index (χ0) is 23.2. The van der Waals surface area contributed by atoms with Gasteiger partial charge in [0.05, 0.1) is 17.8 Å². The number of fused-ring (bicyclic) bond motifs is 3. The Hall–Kier alpha value is -2.45. The van der Waals surface area contributed by atoms with Gasteiger partial charge in [-0.1, -0.05) is 18.2 Å². The highest BCUT2D eigenvalue weighted by Gasteiger charge is 2.49. The second kappa shape index (κ2) is 8.40. The molecule has 2 aromatic rings. The molecular formula is C25H28F3NO4. The van der Waals surface area contributed by atoms with Crippen molar-refractivity contribution < 1.29 is 32.5 Å². The topological polar surface area (TPSA) is 51.2 Å². The smallest absolute Gasteiger partial charge is 0.416 e. The third kappa shape index (κ3) is 4.26. The summed E-state index contributed by atoms with van der Waals surface area (Å²) in [6, 6.07) is 10.9. The number of ether oxygens (including phenoxy) is 3. The Morgan fingerprint density at radius 1 is 1.12 bits per heavy atom. The van der Waals surface area contributed by atoms with Crippen molar-refractivity contribution >= 4 is 0 Å². The van der Waals surface area contributed by atoms with Crippen LogP contribution in [0.5, 0.6) is 17.2 Å². The third-order valence-electron chi connectivity index (χ3n) is 7.01. The quantitative estimate of drug-likeness (QED) is 0.693. The van der Waals surface area contributed by atoms with Crippen LogP contribution in [0.15, 0.2) is 42.5 Å². The second-order valence-corrected chi connectivity index (χ2v) is 9.17. The van der Waals surface area contributed by atoms with E-state index in [1.54, 1.807) is 6.07 Å². The van der Waals surface area contributed by atoms with Gasteiger partial charge in [-0.3, -0.25) is 4.90 Å². The van der Waals surface area contributed by atoms with Gasteiger partial charge in [-0.05, 0) is 62.4 Å². The van der Waals surface area contributed by atoms with Crippen molar-refractivity contribution in [2.75, 3.05) is 19.8 Å². The summed E-state index contributed by atoms with van der Waals surface area (Å²) in [4.78, 5) is 2.34. The maximum absolute atomic E-state index is 13.2. The van der Waals surface area contributed by atoms with Gasteiger partial charge in [0.1, 0.15) is 12.7 Å². The van der Waals surface area contributed by atoms with Gasteiger partial charge in [0.2, 0.25) is 5.75 Å². The van der Waals surface area contributed by atoms with E-state index in [2.05, 4.69) is 4.90 Å². The molecule has 3 unspecified atom stereocenters. The van der Waals surface area contributed by atoms with Gasteiger partial charge in [-0.25, -0.2) is 0 Å². The number of benzene rings is 2. The van der Waals surface area contributed by atoms with Crippen LogP contribution in [0.1, 0.15) is 43.7 Å². The molecule has 3 aliphatic rings. The number of hydrogen-bond donors (Lipinski definition) is 1. The molecule has 0 aromatic heterocycles. The lowest BCUT2D eigenvalue weighted by Gasteiger charge is -2.45. The molecule has 0 amide bonds. The summed E-state index contributed by atoms with van der Waals surface area (Å²) in [5.41, 5.74) is -1.64. The summed E-state index contributed by atoms with van der Waals surface area (Å²) < 4.78 is 57.5. The SMILES string of the molecule is CCOc1cccc2c1OC(CN1C3CCC1CC(O)(c1cccc(C(F)(F)F)c1)C3)CO2. The fourth-order valence-corrected chi connectivity index (χ4v) is 5.54. The van der Waals surface area contributed by atoms with Crippen molar-refractivity contribution in [2.24, 2.45) is 0 Å². The van der Waals surface area contributed by atoms with E-state index in [1.165, 1.54) is 6.07 Å². The highest BCUT2D eigenvalue weighted by Crippen LogP contribution is 2.47. The van der Waals surface area contributed by atoms with Crippen LogP contribution in [0, 0.1) is 0 Å². The molecule has 5 nitrogen and oxygen atoms in total. The van der Waals surface area contributed by atoms with E-state index in [-0.39, 0.29) is 18.2 Å². The average molecular weight is 463 g/mol. The number of hydrogen-bond acceptors (Lipinski definition) is 5. The zero-order valence-corrected chi connectivity index (χ0v) is 18.5. The first kappa shape index (κ1) is 22.3. The van der Waals surface area contributed by atoms with Crippen LogP contribution >= 0.6 is 0 Å². The van der Waals surface area contributed by atoms with Crippen molar-refractivity contribution in [3.63, 3.8) is 0 Å². The van der Waals surface area contributed by atoms with Crippen molar-refractivity contribution in [3.8, 4) is 17.2 Å². The summed E-state index contributed by atoms with van der Waals surface area (Å²) in [6.45, 7) is 3.48. The third-order valence-corrected chi connectivity index (χ3v) is 7.01. The van der Waals surface area contributed by atoms with Crippen molar-refractivity contribution in [1.29, 1.82) is 0 Å². The molecule has 8 heteroatoms. The van der Waals surface area contributed by atoms with Crippen LogP contribution in [-0.2, 0) is 11.8 Å². The molecule has 3 aliphatic heterocycles. The molecule has 0 radical (unpaired) electrons. The Bertz CT molecular complexity index is 997. The number of nitrogens with zero attached hydrogens (tertiary/aromatic N) is 1. The molecule has 5 rings (SSSR count). The van der Waals surface area contributed by atoms with Gasteiger partial charge in [0.15, 0.2) is 11.5 Å². The van der Waals surface area contributed by atoms with Crippen molar-refractivity contribution in [3.05, 3.63) is 53.6 Å². The molecular weight excluding hydrogens is 435 g/mol. The molecule has 2 saturated heterocycles. The largest absolute Gasteiger partial charge is 0.490 e. The lowest BCUT2D eigenvalue weighted by molar-refractivity contribution is -0.137. The minimum atomic E-state index is -4.43. The van der Waals surface area contributed by atoms with E-state index < -0.39 is 17.3 Å². The molecule has 0 saturated carbocycles. The first-order chi connectivity index (χ1) is 15.8. The maximum Gasteiger partial charge on any atom is 0.416 e. The maximum atomic E-state index is 13.2. The van der Waals surface area contributed by atoms with Crippen LogP contribution < -0.4 is 14.2 Å². The van der Waals surface area contributed by atoms with Gasteiger partial charge in [0, 0.05) is 18.6 Å². The standard InChI is InChI=1S/C25H28F3NO4/c1-2-31-21-7-4-8-22-23(21)33-20(15-32-22)14-29-18-9-10-19(29)13-24(30,12-18)16-5-3-6-17(11-16)25(26,27)28/h3-8,11,18-20,30H,2,9-10,12-15H2,1H3. The first-order valence-corrected chi connectivity index (χ1v) is 11.5. The molecule has 2 fully saturated rings. The molecule has 0 aliphatic carbocycles. The lowest BCUT2D eigenvalue weighted by Crippen LogP contribution is -2.53. The van der Waals surface area contributed by atoms with E-state index >= 15 is 0 Å². The van der Waals surface area contributed by atoms with E-state index in [9.17, 15) is 18.3 Å². The van der Waals surface area contributed by atoms with Crippen molar-refractivity contribution in [1.82, 2.24) is 4.90 Å². The van der Waals surface area contributed by atoms with Crippen LogP contribution in [0.2, 0.25) is 0 Å². The van der Waals surface area contributed by atoms with Gasteiger partial charge in [0.25, 0.3) is 0 Å². The molecule has 1 N–H and O–H groups in total. The number of rotatable bonds is 5. The summed E-state index contributed by atoms with van der Waals surface area (Å²) in [5, 5.41) is 11.4. The summed E-state index contributed by atoms with van der Waals surface area (Å²) >= 11 is 0. The summed E-state index contributed by atoms with van der Waals surface area (Å²) in [6.07, 6.45) is -2.01. The predicted octanol–water partition coefficient (Wildman–Crippen LogP) is 4.76. The Labute approximate surface area is 191 Å². The number of piperidine rings is 1. The van der Waals surface area contributed by atoms with E-state index in [0.29, 0.717) is 55.4 Å². The Morgan fingerprint density at radius 2 is 1.85 bits per heavy atom. The van der Waals surface area contributed by atoms with Crippen molar-refractivity contribution in [2.45, 2.75) is 62.6 Å². The number of aliphatic hydroxyl groups is 1. The predicted molar refractivity (Wildman–Crippen MR) is 116 cm³/mol. The molecule has 2 bridgehead atoms. The molecule has 3 atom stereocenters. The number of halogens is 3. The molecule has 3 heterocycles. The molecule has 178 valence electrons. The summed E-state index contributed by atoms with van der Waals surface area (Å²) in [7, 11) is 0. The van der Waals surface area contributed by atoms with Gasteiger partial charge in [-0.2, -0.15) is 13.2 Å². The average Bonchev–Trinajstić information content (AvgIpc) is 3.03. The Kier molecular flexibility index (Phi) is 5.69. The van der Waals surface area contributed by atoms with E-state index in [0.717, 1.165) is 25.0 Å². The van der Waals surface area contributed by atoms with Gasteiger partial charge in [-0.15, -0.1) is 0 Å². The monoisotopic (exact) mass is 463 g/mol. The number of para-hydroxylation sites is 1. The van der Waals surface area contributed by atoms with E-state index in [1.807, 2.05) is 25.1 Å². The molecule has 2 aromatic carbocycles. The normalized spacial score (nSPS) is 29.2. The molecule has 0 spiro atoms. The minimum Gasteiger partial charge on any atom is -0.490 e. The minimum absolute atomic E-state index is 0.0791. The zero-order valence-electron chi connectivity index (χ0n) is 18.5. The number of alkyl halides is 3. The highest BCUT2D eigenvalue weighted by atomic mass is 19.4. The fourth-order valence-electron chi connectivity index (χ4n) is 5.54. The second-order valence-electron chi connectivity index (χ2n) is 9.17. The van der Waals surface area contributed by atoms with Crippen LogP contribution in [0.3, 0.4) is 0 Å². The van der Waals surface area contributed by atoms with E-state index in [4.69, 9.17) is 14.2 Å². The Balaban J connectivity index is 1.30. The first-order valence-electron chi connectivity index (χ1n) is 11.5. The fraction of sp³-hybridized carbons (Fsp3) is 0.520. The van der Waals surface area contributed by atoms with Gasteiger partial charge >= 0.3 is 6.18 Å². The highest BCUT2D eigenvalue weighted by molar-refractivity contribution is 5.52. The summed E-state index contributed by atoms with van der Waals surface area (Å²) in [5.74, 6) is 1.93. The van der Waals surface area contributed by atoms with Crippen LogP contribution in [0.25, 0.3) is 0 Å². The lowest BCUT2D eigenvalue weighted by atomic mass is 9.80.